The molecule has 4 heteroatoms. The Hall–Kier alpha value is -1.42. The van der Waals surface area contributed by atoms with Gasteiger partial charge in [0.1, 0.15) is 6.67 Å². The second kappa shape index (κ2) is 4.72. The molecule has 0 aromatic heterocycles. The number of esters is 1. The molecule has 0 spiro atoms. The number of hydrogen-bond acceptors (Lipinski definition) is 3. The minimum atomic E-state index is -0.623. The summed E-state index contributed by atoms with van der Waals surface area (Å²) < 4.78 is 16.7. The SMILES string of the molecule is COC(=O)c1ccc([C@H](N)CF)cc1. The van der Waals surface area contributed by atoms with Crippen LogP contribution < -0.4 is 5.73 Å². The van der Waals surface area contributed by atoms with E-state index in [9.17, 15) is 9.18 Å². The van der Waals surface area contributed by atoms with E-state index in [4.69, 9.17) is 5.73 Å². The van der Waals surface area contributed by atoms with E-state index >= 15 is 0 Å². The van der Waals surface area contributed by atoms with Crippen LogP contribution in [0.25, 0.3) is 0 Å². The third kappa shape index (κ3) is 2.29. The molecule has 14 heavy (non-hydrogen) atoms. The van der Waals surface area contributed by atoms with Crippen molar-refractivity contribution in [2.24, 2.45) is 5.73 Å². The molecule has 0 amide bonds. The molecule has 3 nitrogen and oxygen atoms in total. The molecular formula is C10H12FNO2. The molecule has 0 saturated heterocycles. The highest BCUT2D eigenvalue weighted by Gasteiger charge is 2.07. The monoisotopic (exact) mass is 197 g/mol. The van der Waals surface area contributed by atoms with Crippen molar-refractivity contribution in [3.05, 3.63) is 35.4 Å². The molecule has 2 N–H and O–H groups in total. The average Bonchev–Trinajstić information content (AvgIpc) is 2.27. The molecule has 0 aliphatic rings. The number of rotatable bonds is 3. The summed E-state index contributed by atoms with van der Waals surface area (Å²) in [5.74, 6) is -0.412. The van der Waals surface area contributed by atoms with Crippen LogP contribution in [0, 0.1) is 0 Å². The summed E-state index contributed by atoms with van der Waals surface area (Å²) in [6.45, 7) is -0.614. The van der Waals surface area contributed by atoms with Gasteiger partial charge >= 0.3 is 5.97 Å². The van der Waals surface area contributed by atoms with Gasteiger partial charge in [0.25, 0.3) is 0 Å². The van der Waals surface area contributed by atoms with Gasteiger partial charge in [-0.05, 0) is 17.7 Å². The van der Waals surface area contributed by atoms with Crippen LogP contribution in [0.5, 0.6) is 0 Å². The Bertz CT molecular complexity index is 310. The number of hydrogen-bond donors (Lipinski definition) is 1. The molecule has 0 aliphatic carbocycles. The van der Waals surface area contributed by atoms with Gasteiger partial charge in [0.2, 0.25) is 0 Å². The largest absolute Gasteiger partial charge is 0.465 e. The van der Waals surface area contributed by atoms with Crippen molar-refractivity contribution < 1.29 is 13.9 Å². The third-order valence-electron chi connectivity index (χ3n) is 1.93. The minimum Gasteiger partial charge on any atom is -0.465 e. The van der Waals surface area contributed by atoms with E-state index in [0.29, 0.717) is 11.1 Å². The number of alkyl halides is 1. The molecule has 1 atom stereocenters. The molecular weight excluding hydrogens is 185 g/mol. The number of nitrogens with two attached hydrogens (primary N) is 1. The summed E-state index contributed by atoms with van der Waals surface area (Å²) in [7, 11) is 1.31. The predicted molar refractivity (Wildman–Crippen MR) is 50.7 cm³/mol. The van der Waals surface area contributed by atoms with Crippen LogP contribution in [-0.4, -0.2) is 19.8 Å². The van der Waals surface area contributed by atoms with Gasteiger partial charge in [-0.2, -0.15) is 0 Å². The zero-order valence-electron chi connectivity index (χ0n) is 7.87. The lowest BCUT2D eigenvalue weighted by molar-refractivity contribution is 0.0600. The Morgan fingerprint density at radius 2 is 2.07 bits per heavy atom. The molecule has 1 rings (SSSR count). The predicted octanol–water partition coefficient (Wildman–Crippen LogP) is 1.44. The van der Waals surface area contributed by atoms with Gasteiger partial charge in [0, 0.05) is 0 Å². The van der Waals surface area contributed by atoms with Gasteiger partial charge in [-0.1, -0.05) is 12.1 Å². The van der Waals surface area contributed by atoms with Crippen LogP contribution in [-0.2, 0) is 4.74 Å². The highest BCUT2D eigenvalue weighted by atomic mass is 19.1. The number of halogens is 1. The summed E-state index contributed by atoms with van der Waals surface area (Å²) >= 11 is 0. The topological polar surface area (TPSA) is 52.3 Å². The summed E-state index contributed by atoms with van der Waals surface area (Å²) in [5.41, 5.74) is 6.56. The normalized spacial score (nSPS) is 12.2. The van der Waals surface area contributed by atoms with Crippen LogP contribution >= 0.6 is 0 Å². The van der Waals surface area contributed by atoms with Gasteiger partial charge in [0.05, 0.1) is 18.7 Å². The lowest BCUT2D eigenvalue weighted by Gasteiger charge is -2.07. The maximum absolute atomic E-state index is 12.2. The quantitative estimate of drug-likeness (QED) is 0.746. The first-order valence-electron chi connectivity index (χ1n) is 4.19. The Morgan fingerprint density at radius 1 is 1.50 bits per heavy atom. The average molecular weight is 197 g/mol. The fraction of sp³-hybridized carbons (Fsp3) is 0.300. The van der Waals surface area contributed by atoms with Crippen molar-refractivity contribution >= 4 is 5.97 Å². The van der Waals surface area contributed by atoms with Crippen LogP contribution in [0.3, 0.4) is 0 Å². The molecule has 0 saturated carbocycles. The third-order valence-corrected chi connectivity index (χ3v) is 1.93. The van der Waals surface area contributed by atoms with Crippen LogP contribution in [0.2, 0.25) is 0 Å². The minimum absolute atomic E-state index is 0.412. The molecule has 1 aromatic rings. The Morgan fingerprint density at radius 3 is 2.50 bits per heavy atom. The molecule has 1 aromatic carbocycles. The Kier molecular flexibility index (Phi) is 3.59. The van der Waals surface area contributed by atoms with Crippen molar-refractivity contribution in [2.75, 3.05) is 13.8 Å². The van der Waals surface area contributed by atoms with Crippen molar-refractivity contribution in [2.45, 2.75) is 6.04 Å². The molecule has 0 unspecified atom stereocenters. The lowest BCUT2D eigenvalue weighted by Crippen LogP contribution is -2.12. The summed E-state index contributed by atoms with van der Waals surface area (Å²) in [5, 5.41) is 0. The van der Waals surface area contributed by atoms with E-state index in [-0.39, 0.29) is 0 Å². The zero-order valence-corrected chi connectivity index (χ0v) is 7.87. The maximum atomic E-state index is 12.2. The molecule has 76 valence electrons. The van der Waals surface area contributed by atoms with E-state index in [0.717, 1.165) is 0 Å². The highest BCUT2D eigenvalue weighted by Crippen LogP contribution is 2.12. The number of carbonyl (C=O) groups excluding carboxylic acids is 1. The van der Waals surface area contributed by atoms with E-state index < -0.39 is 18.7 Å². The number of benzene rings is 1. The van der Waals surface area contributed by atoms with Gasteiger partial charge in [-0.25, -0.2) is 9.18 Å². The number of ether oxygens (including phenoxy) is 1. The molecule has 0 bridgehead atoms. The van der Waals surface area contributed by atoms with Crippen LogP contribution in [0.4, 0.5) is 4.39 Å². The second-order valence-corrected chi connectivity index (χ2v) is 2.87. The number of methoxy groups -OCH3 is 1. The van der Waals surface area contributed by atoms with Crippen LogP contribution in [0.15, 0.2) is 24.3 Å². The van der Waals surface area contributed by atoms with E-state index in [1.54, 1.807) is 24.3 Å². The summed E-state index contributed by atoms with van der Waals surface area (Å²) in [6, 6.07) is 5.75. The first-order valence-corrected chi connectivity index (χ1v) is 4.19. The maximum Gasteiger partial charge on any atom is 0.337 e. The first kappa shape index (κ1) is 10.7. The first-order chi connectivity index (χ1) is 6.69. The molecule has 0 heterocycles. The van der Waals surface area contributed by atoms with Gasteiger partial charge < -0.3 is 10.5 Å². The van der Waals surface area contributed by atoms with Gasteiger partial charge in [-0.3, -0.25) is 0 Å². The highest BCUT2D eigenvalue weighted by molar-refractivity contribution is 5.89. The van der Waals surface area contributed by atoms with Gasteiger partial charge in [-0.15, -0.1) is 0 Å². The van der Waals surface area contributed by atoms with E-state index in [1.807, 2.05) is 0 Å². The second-order valence-electron chi connectivity index (χ2n) is 2.87. The standard InChI is InChI=1S/C10H12FNO2/c1-14-10(13)8-4-2-7(3-5-8)9(12)6-11/h2-5,9H,6,12H2,1H3/t9-/m1/s1. The van der Waals surface area contributed by atoms with Gasteiger partial charge in [0.15, 0.2) is 0 Å². The Labute approximate surface area is 81.7 Å². The Balaban J connectivity index is 2.83. The fourth-order valence-corrected chi connectivity index (χ4v) is 1.07. The van der Waals surface area contributed by atoms with Crippen molar-refractivity contribution in [1.82, 2.24) is 0 Å². The van der Waals surface area contributed by atoms with Crippen LogP contribution in [0.1, 0.15) is 22.0 Å². The zero-order chi connectivity index (χ0) is 10.6. The molecule has 0 aliphatic heterocycles. The molecule has 0 radical (unpaired) electrons. The lowest BCUT2D eigenvalue weighted by atomic mass is 10.1. The van der Waals surface area contributed by atoms with Crippen molar-refractivity contribution in [3.63, 3.8) is 0 Å². The van der Waals surface area contributed by atoms with Crippen molar-refractivity contribution in [3.8, 4) is 0 Å². The smallest absolute Gasteiger partial charge is 0.337 e. The summed E-state index contributed by atoms with van der Waals surface area (Å²) in [6.07, 6.45) is 0. The summed E-state index contributed by atoms with van der Waals surface area (Å²) in [4.78, 5) is 11.0. The fourth-order valence-electron chi connectivity index (χ4n) is 1.07. The number of carbonyl (C=O) groups is 1. The van der Waals surface area contributed by atoms with Crippen molar-refractivity contribution in [1.29, 1.82) is 0 Å². The van der Waals surface area contributed by atoms with E-state index in [2.05, 4.69) is 4.74 Å². The molecule has 0 fully saturated rings. The van der Waals surface area contributed by atoms with E-state index in [1.165, 1.54) is 7.11 Å².